The minimum atomic E-state index is 0.480. The second kappa shape index (κ2) is 8.91. The van der Waals surface area contributed by atoms with Crippen LogP contribution in [0.4, 0.5) is 0 Å². The Balaban J connectivity index is 1.70. The molecule has 0 fully saturated rings. The summed E-state index contributed by atoms with van der Waals surface area (Å²) in [5.74, 6) is 3.78. The van der Waals surface area contributed by atoms with Crippen molar-refractivity contribution in [2.75, 3.05) is 6.61 Å². The Morgan fingerprint density at radius 1 is 0.885 bits per heavy atom. The molecule has 0 bridgehead atoms. The van der Waals surface area contributed by atoms with Crippen LogP contribution in [-0.4, -0.2) is 6.61 Å². The highest BCUT2D eigenvalue weighted by molar-refractivity contribution is 7.10. The lowest BCUT2D eigenvalue weighted by molar-refractivity contribution is 0.340. The maximum atomic E-state index is 5.94. The van der Waals surface area contributed by atoms with Crippen molar-refractivity contribution in [3.8, 4) is 17.2 Å². The van der Waals surface area contributed by atoms with Gasteiger partial charge >= 0.3 is 0 Å². The Morgan fingerprint density at radius 3 is 2.27 bits per heavy atom. The van der Waals surface area contributed by atoms with Gasteiger partial charge in [0.1, 0.15) is 17.2 Å². The molecule has 1 unspecified atom stereocenters. The Kier molecular flexibility index (Phi) is 6.35. The van der Waals surface area contributed by atoms with Crippen LogP contribution in [0.5, 0.6) is 17.2 Å². The molecule has 2 aromatic carbocycles. The third-order valence-electron chi connectivity index (χ3n) is 4.45. The molecular formula is C23H26O2S. The zero-order chi connectivity index (χ0) is 18.4. The Bertz CT molecular complexity index is 791. The van der Waals surface area contributed by atoms with Crippen LogP contribution in [0.25, 0.3) is 0 Å². The molecule has 0 aliphatic rings. The van der Waals surface area contributed by atoms with Gasteiger partial charge in [0.15, 0.2) is 0 Å². The minimum Gasteiger partial charge on any atom is -0.494 e. The molecule has 0 aliphatic heterocycles. The third-order valence-corrected chi connectivity index (χ3v) is 5.39. The van der Waals surface area contributed by atoms with E-state index in [1.807, 2.05) is 37.3 Å². The maximum Gasteiger partial charge on any atom is 0.138 e. The van der Waals surface area contributed by atoms with Gasteiger partial charge in [-0.1, -0.05) is 44.2 Å². The van der Waals surface area contributed by atoms with Crippen LogP contribution in [-0.2, 0) is 6.42 Å². The van der Waals surface area contributed by atoms with Crippen LogP contribution in [0.3, 0.4) is 0 Å². The first-order chi connectivity index (χ1) is 12.7. The number of rotatable bonds is 8. The molecule has 136 valence electrons. The average Bonchev–Trinajstić information content (AvgIpc) is 3.08. The van der Waals surface area contributed by atoms with Crippen LogP contribution in [0.1, 0.15) is 37.1 Å². The largest absolute Gasteiger partial charge is 0.494 e. The molecule has 3 heteroatoms. The molecule has 0 radical (unpaired) electrons. The van der Waals surface area contributed by atoms with Gasteiger partial charge in [0.05, 0.1) is 6.61 Å². The summed E-state index contributed by atoms with van der Waals surface area (Å²) in [6.45, 7) is 7.29. The molecule has 26 heavy (non-hydrogen) atoms. The highest BCUT2D eigenvalue weighted by Crippen LogP contribution is 2.34. The summed E-state index contributed by atoms with van der Waals surface area (Å²) in [7, 11) is 0. The van der Waals surface area contributed by atoms with E-state index < -0.39 is 0 Å². The zero-order valence-electron chi connectivity index (χ0n) is 15.6. The van der Waals surface area contributed by atoms with Gasteiger partial charge in [0.25, 0.3) is 0 Å². The van der Waals surface area contributed by atoms with E-state index in [1.165, 1.54) is 10.4 Å². The molecular weight excluding hydrogens is 340 g/mol. The van der Waals surface area contributed by atoms with Crippen molar-refractivity contribution < 1.29 is 9.47 Å². The second-order valence-corrected chi connectivity index (χ2v) is 7.72. The molecule has 3 rings (SSSR count). The molecule has 0 spiro atoms. The maximum absolute atomic E-state index is 5.94. The smallest absolute Gasteiger partial charge is 0.138 e. The molecule has 0 aliphatic carbocycles. The first-order valence-corrected chi connectivity index (χ1v) is 10.1. The van der Waals surface area contributed by atoms with Crippen molar-refractivity contribution in [2.24, 2.45) is 5.92 Å². The minimum absolute atomic E-state index is 0.480. The van der Waals surface area contributed by atoms with E-state index in [0.717, 1.165) is 23.7 Å². The first-order valence-electron chi connectivity index (χ1n) is 9.18. The summed E-state index contributed by atoms with van der Waals surface area (Å²) in [4.78, 5) is 1.35. The lowest BCUT2D eigenvalue weighted by Gasteiger charge is -2.21. The van der Waals surface area contributed by atoms with Crippen LogP contribution in [0, 0.1) is 5.92 Å². The number of hydrogen-bond donors (Lipinski definition) is 0. The molecule has 0 saturated carbocycles. The quantitative estimate of drug-likeness (QED) is 0.431. The molecule has 0 amide bonds. The van der Waals surface area contributed by atoms with E-state index in [9.17, 15) is 0 Å². The lowest BCUT2D eigenvalue weighted by atomic mass is 9.85. The molecule has 0 N–H and O–H groups in total. The molecule has 1 aromatic heterocycles. The van der Waals surface area contributed by atoms with Crippen LogP contribution >= 0.6 is 11.3 Å². The molecule has 3 aromatic rings. The van der Waals surface area contributed by atoms with Gasteiger partial charge in [0.2, 0.25) is 0 Å². The summed E-state index contributed by atoms with van der Waals surface area (Å²) in [5.41, 5.74) is 1.36. The summed E-state index contributed by atoms with van der Waals surface area (Å²) in [6, 6.07) is 20.7. The summed E-state index contributed by atoms with van der Waals surface area (Å²) < 4.78 is 11.5. The van der Waals surface area contributed by atoms with Gasteiger partial charge in [0, 0.05) is 10.3 Å². The lowest BCUT2D eigenvalue weighted by Crippen LogP contribution is -2.09. The third kappa shape index (κ3) is 4.89. The number of benzene rings is 2. The zero-order valence-corrected chi connectivity index (χ0v) is 16.5. The number of hydrogen-bond acceptors (Lipinski definition) is 3. The van der Waals surface area contributed by atoms with Crippen molar-refractivity contribution in [1.29, 1.82) is 0 Å². The van der Waals surface area contributed by atoms with E-state index in [0.29, 0.717) is 18.4 Å². The fourth-order valence-electron chi connectivity index (χ4n) is 3.08. The predicted molar refractivity (Wildman–Crippen MR) is 110 cm³/mol. The fourth-order valence-corrected chi connectivity index (χ4v) is 3.92. The summed E-state index contributed by atoms with van der Waals surface area (Å²) in [6.07, 6.45) is 1.02. The van der Waals surface area contributed by atoms with Crippen molar-refractivity contribution in [2.45, 2.75) is 33.1 Å². The van der Waals surface area contributed by atoms with Crippen molar-refractivity contribution in [3.05, 3.63) is 76.5 Å². The molecule has 2 nitrogen and oxygen atoms in total. The van der Waals surface area contributed by atoms with Gasteiger partial charge in [-0.25, -0.2) is 0 Å². The van der Waals surface area contributed by atoms with Crippen LogP contribution in [0.15, 0.2) is 66.0 Å². The van der Waals surface area contributed by atoms with Crippen molar-refractivity contribution >= 4 is 11.3 Å². The second-order valence-electron chi connectivity index (χ2n) is 6.72. The topological polar surface area (TPSA) is 18.5 Å². The summed E-state index contributed by atoms with van der Waals surface area (Å²) in [5, 5.41) is 2.10. The monoisotopic (exact) mass is 366 g/mol. The Morgan fingerprint density at radius 2 is 1.62 bits per heavy atom. The van der Waals surface area contributed by atoms with Gasteiger partial charge in [-0.3, -0.25) is 0 Å². The van der Waals surface area contributed by atoms with Crippen molar-refractivity contribution in [3.63, 3.8) is 0 Å². The number of para-hydroxylation sites is 1. The van der Waals surface area contributed by atoms with Gasteiger partial charge < -0.3 is 9.47 Å². The highest BCUT2D eigenvalue weighted by atomic mass is 32.1. The molecule has 1 atom stereocenters. The predicted octanol–water partition coefficient (Wildman–Crippen LogP) is 6.92. The van der Waals surface area contributed by atoms with E-state index in [-0.39, 0.29) is 0 Å². The summed E-state index contributed by atoms with van der Waals surface area (Å²) >= 11 is 1.77. The fraction of sp³-hybridized carbons (Fsp3) is 0.304. The number of ether oxygens (including phenoxy) is 2. The SMILES string of the molecule is CCOc1ccc(C(Cc2cc(Oc3ccccc3)cs2)C(C)C)cc1. The van der Waals surface area contributed by atoms with Crippen LogP contribution < -0.4 is 9.47 Å². The van der Waals surface area contributed by atoms with E-state index in [1.54, 1.807) is 11.3 Å². The molecule has 1 heterocycles. The highest BCUT2D eigenvalue weighted by Gasteiger charge is 2.18. The van der Waals surface area contributed by atoms with Gasteiger partial charge in [-0.15, -0.1) is 11.3 Å². The normalized spacial score (nSPS) is 12.2. The van der Waals surface area contributed by atoms with E-state index >= 15 is 0 Å². The molecule has 0 saturated heterocycles. The standard InChI is InChI=1S/C23H26O2S/c1-4-24-19-12-10-18(11-13-19)23(17(2)3)15-22-14-21(16-26-22)25-20-8-6-5-7-9-20/h5-14,16-17,23H,4,15H2,1-3H3. The number of thiophene rings is 1. The van der Waals surface area contributed by atoms with Crippen LogP contribution in [0.2, 0.25) is 0 Å². The first kappa shape index (κ1) is 18.5. The van der Waals surface area contributed by atoms with Crippen molar-refractivity contribution in [1.82, 2.24) is 0 Å². The Hall–Kier alpha value is -2.26. The van der Waals surface area contributed by atoms with E-state index in [4.69, 9.17) is 9.47 Å². The van der Waals surface area contributed by atoms with Gasteiger partial charge in [-0.2, -0.15) is 0 Å². The average molecular weight is 367 g/mol. The van der Waals surface area contributed by atoms with Gasteiger partial charge in [-0.05, 0) is 61.1 Å². The van der Waals surface area contributed by atoms with E-state index in [2.05, 4.69) is 49.6 Å². The Labute approximate surface area is 160 Å².